The zero-order chi connectivity index (χ0) is 102. The second kappa shape index (κ2) is 54.8. The lowest BCUT2D eigenvalue weighted by Gasteiger charge is -2.57. The first-order chi connectivity index (χ1) is 70.5. The van der Waals surface area contributed by atoms with Crippen LogP contribution in [0.2, 0.25) is 0 Å². The number of carbonyl (C=O) groups is 6. The molecule has 6 heterocycles. The minimum Gasteiger partial charge on any atom is -0.462 e. The zero-order valence-corrected chi connectivity index (χ0v) is 86.5. The fourth-order valence-electron chi connectivity index (χ4n) is 25.3. The Kier molecular flexibility index (Phi) is 41.0. The van der Waals surface area contributed by atoms with Crippen LogP contribution < -0.4 is 27.4 Å². The molecule has 0 radical (unpaired) electrons. The van der Waals surface area contributed by atoms with E-state index < -0.39 is 5.97 Å². The van der Waals surface area contributed by atoms with Gasteiger partial charge in [-0.3, -0.25) is 35.0 Å². The Morgan fingerprint density at radius 1 is 0.352 bits per heavy atom. The number of carbonyl (C=O) groups excluding carboxylic acids is 6. The molecule has 0 atom stereocenters. The number of nitrogen functional groups attached to an aromatic ring is 2. The molecule has 0 unspecified atom stereocenters. The van der Waals surface area contributed by atoms with Crippen molar-refractivity contribution >= 4 is 69.9 Å². The van der Waals surface area contributed by atoms with Gasteiger partial charge in [-0.1, -0.05) is 171 Å². The van der Waals surface area contributed by atoms with Gasteiger partial charge in [0.05, 0.1) is 136 Å². The lowest BCUT2D eigenvalue weighted by molar-refractivity contribution is -0.385. The maximum atomic E-state index is 12.1. The predicted octanol–water partition coefficient (Wildman–Crippen LogP) is 24.9. The van der Waals surface area contributed by atoms with E-state index in [9.17, 15) is 38.9 Å². The summed E-state index contributed by atoms with van der Waals surface area (Å²) >= 11 is 0. The van der Waals surface area contributed by atoms with Gasteiger partial charge in [0, 0.05) is 73.8 Å². The number of nitro groups is 1. The van der Waals surface area contributed by atoms with Gasteiger partial charge in [-0.2, -0.15) is 0 Å². The van der Waals surface area contributed by atoms with E-state index in [1.165, 1.54) is 229 Å². The molecule has 12 aliphatic rings. The first-order valence-corrected chi connectivity index (χ1v) is 54.3. The molecule has 12 fully saturated rings. The highest BCUT2D eigenvalue weighted by molar-refractivity contribution is 5.93. The van der Waals surface area contributed by atoms with E-state index in [1.807, 2.05) is 81.4 Å². The normalized spacial score (nSPS) is 21.2. The van der Waals surface area contributed by atoms with Crippen molar-refractivity contribution in [1.29, 1.82) is 0 Å². The SMILES string of the molecule is CCOC(=O)c1ccc(CC23CC4CC(CC(C4)C2)C3)c(N)c1.CCOC(=O)c1ccc(CC23CC4CC(CC(C4)C2)C3)c([N+](=O)[O-])c1.CCOC(=O)c1cnc(CC2CCCCC2)c(N)c1.CCOC(=O)c1cnc(CC2CCCCC2)c(NCc2ccccc2)c1.CCOC(=O)c1cnc(CC2CCCCC2)c(NCc2ccncc2)c1.CCOC(=O)c1cnc(CC2CCCCC2)c(NCc2ccncn2)c1. The molecule has 21 rings (SSSR count). The van der Waals surface area contributed by atoms with Crippen molar-refractivity contribution in [3.05, 3.63) is 253 Å². The molecule has 776 valence electrons. The molecule has 3 aromatic carbocycles. The molecular weight excluding hydrogens is 1820 g/mol. The Bertz CT molecular complexity index is 5320. The smallest absolute Gasteiger partial charge is 0.339 e. The Morgan fingerprint density at radius 2 is 0.669 bits per heavy atom. The molecule has 0 saturated heterocycles. The molecule has 9 aromatic rings. The lowest BCUT2D eigenvalue weighted by atomic mass is 9.48. The molecule has 145 heavy (non-hydrogen) atoms. The van der Waals surface area contributed by atoms with Crippen molar-refractivity contribution in [1.82, 2.24) is 34.9 Å². The van der Waals surface area contributed by atoms with Crippen LogP contribution in [-0.2, 0) is 86.6 Å². The summed E-state index contributed by atoms with van der Waals surface area (Å²) in [5.74, 6) is 5.99. The molecule has 7 N–H and O–H groups in total. The zero-order valence-electron chi connectivity index (χ0n) is 86.5. The van der Waals surface area contributed by atoms with Crippen LogP contribution in [0.4, 0.5) is 34.1 Å². The van der Waals surface area contributed by atoms with Gasteiger partial charge in [0.15, 0.2) is 0 Å². The molecule has 8 bridgehead atoms. The number of esters is 6. The monoisotopic (exact) mass is 1980 g/mol. The van der Waals surface area contributed by atoms with E-state index in [1.54, 1.807) is 88.4 Å². The van der Waals surface area contributed by atoms with E-state index in [0.29, 0.717) is 115 Å². The number of hydrogen-bond acceptors (Lipinski definition) is 26. The number of rotatable bonds is 34. The molecule has 6 aromatic heterocycles. The number of aromatic nitrogens is 7. The summed E-state index contributed by atoms with van der Waals surface area (Å²) in [6.45, 7) is 14.8. The molecule has 0 amide bonds. The lowest BCUT2D eigenvalue weighted by Crippen LogP contribution is -2.47. The van der Waals surface area contributed by atoms with Crippen molar-refractivity contribution in [3.8, 4) is 0 Å². The minimum atomic E-state index is -0.494. The van der Waals surface area contributed by atoms with E-state index in [-0.39, 0.29) is 58.0 Å². The summed E-state index contributed by atoms with van der Waals surface area (Å²) < 4.78 is 30.3. The van der Waals surface area contributed by atoms with Crippen LogP contribution in [0.1, 0.15) is 360 Å². The summed E-state index contributed by atoms with van der Waals surface area (Å²) in [6, 6.07) is 34.0. The second-order valence-electron chi connectivity index (χ2n) is 42.4. The topological polar surface area (TPSA) is 379 Å². The Hall–Kier alpha value is -12.3. The Labute approximate surface area is 857 Å². The van der Waals surface area contributed by atoms with Crippen molar-refractivity contribution in [2.75, 3.05) is 67.1 Å². The predicted molar refractivity (Wildman–Crippen MR) is 565 cm³/mol. The molecule has 12 saturated carbocycles. The summed E-state index contributed by atoms with van der Waals surface area (Å²) in [5, 5.41) is 21.9. The van der Waals surface area contributed by atoms with Gasteiger partial charge >= 0.3 is 35.8 Å². The highest BCUT2D eigenvalue weighted by Gasteiger charge is 2.53. The van der Waals surface area contributed by atoms with Crippen LogP contribution in [0, 0.1) is 80.1 Å². The van der Waals surface area contributed by atoms with Crippen molar-refractivity contribution in [3.63, 3.8) is 0 Å². The van der Waals surface area contributed by atoms with Gasteiger partial charge in [0.25, 0.3) is 5.69 Å². The maximum absolute atomic E-state index is 12.1. The Morgan fingerprint density at radius 3 is 1.02 bits per heavy atom. The van der Waals surface area contributed by atoms with Crippen molar-refractivity contribution < 1.29 is 62.1 Å². The van der Waals surface area contributed by atoms with Crippen LogP contribution in [-0.4, -0.2) is 115 Å². The quantitative estimate of drug-likeness (QED) is 0.00822. The number of ether oxygens (including phenoxy) is 6. The van der Waals surface area contributed by atoms with Gasteiger partial charge in [-0.25, -0.2) is 38.7 Å². The third-order valence-corrected chi connectivity index (χ3v) is 31.4. The van der Waals surface area contributed by atoms with E-state index in [0.717, 1.165) is 136 Å². The third-order valence-electron chi connectivity index (χ3n) is 31.4. The number of anilines is 5. The van der Waals surface area contributed by atoms with Gasteiger partial charge in [0.2, 0.25) is 0 Å². The molecule has 27 nitrogen and oxygen atoms in total. The average Bonchev–Trinajstić information content (AvgIpc) is 0.747. The molecule has 12 aliphatic carbocycles. The van der Waals surface area contributed by atoms with Gasteiger partial charge in [-0.15, -0.1) is 0 Å². The second-order valence-corrected chi connectivity index (χ2v) is 42.4. The van der Waals surface area contributed by atoms with Crippen LogP contribution in [0.5, 0.6) is 0 Å². The summed E-state index contributed by atoms with van der Waals surface area (Å²) in [7, 11) is 0. The first kappa shape index (κ1) is 108. The number of nitrogens with zero attached hydrogens (tertiary/aromatic N) is 8. The highest BCUT2D eigenvalue weighted by atomic mass is 16.6. The van der Waals surface area contributed by atoms with E-state index in [4.69, 9.17) is 39.9 Å². The number of nitrogens with one attached hydrogen (secondary N) is 3. The molecule has 0 aliphatic heterocycles. The number of nitro benzene ring substituents is 1. The van der Waals surface area contributed by atoms with Crippen LogP contribution in [0.25, 0.3) is 0 Å². The number of pyridine rings is 5. The fourth-order valence-corrected chi connectivity index (χ4v) is 25.3. The average molecular weight is 1980 g/mol. The van der Waals surface area contributed by atoms with Crippen LogP contribution >= 0.6 is 0 Å². The molecule has 0 spiro atoms. The molecule has 27 heteroatoms. The van der Waals surface area contributed by atoms with Gasteiger partial charge in [-0.05, 0) is 304 Å². The van der Waals surface area contributed by atoms with Gasteiger partial charge < -0.3 is 55.8 Å². The largest absolute Gasteiger partial charge is 0.462 e. The first-order valence-electron chi connectivity index (χ1n) is 54.3. The summed E-state index contributed by atoms with van der Waals surface area (Å²) in [4.78, 5) is 113. The van der Waals surface area contributed by atoms with Crippen molar-refractivity contribution in [2.24, 2.45) is 70.0 Å². The standard InChI is InChI=1S/C22H28N2O2.C21H27N3O2.C20H26N4O2.C20H25NO4.C20H27NO2.C15H22N2O2/c1-2-26-22(25)19-14-21(23-15-18-11-7-4-8-12-18)20(24-16-19)13-17-9-5-3-6-10-17;1-2-26-21(25)18-13-20(23-14-17-8-10-22-11-9-17)19(24-15-18)12-16-6-4-3-5-7-16;1-2-26-20(25)16-11-19(23-13-17-8-9-21-14-24-17)18(22-12-16)10-15-6-4-3-5-7-15;1-2-25-19(22)16-3-4-17(18(8-16)21(23)24)12-20-9-13-5-14(10-20)7-15(6-13)11-20;1-2-23-19(22)16-3-4-17(18(21)8-16)12-20-9-13-5-14(10-20)7-15(6-13)11-20;1-2-19-15(18)12-9-13(16)14(17-10-12)8-11-6-4-3-5-7-11/h4,7-8,11-12,14,16-17,23H,2-3,5-6,9-10,13,15H2,1H3;8-11,13,15-16,23H,2-7,12,14H2,1H3;8-9,11-12,14-15,23H,2-7,10,13H2,1H3;3-4,8,13-15H,2,5-7,9-12H2,1H3;3-4,8,13-15H,2,5-7,9-12,21H2,1H3;9-11H,2-8,16H2,1H3. The summed E-state index contributed by atoms with van der Waals surface area (Å²) in [6.07, 6.45) is 61.3. The molecular formula is C118H155N13O14. The van der Waals surface area contributed by atoms with E-state index >= 15 is 0 Å². The van der Waals surface area contributed by atoms with Gasteiger partial charge in [0.1, 0.15) is 6.33 Å². The van der Waals surface area contributed by atoms with E-state index in [2.05, 4.69) is 69.0 Å². The fraction of sp³-hybridized carbons (Fsp3) is 0.551. The summed E-state index contributed by atoms with van der Waals surface area (Å²) in [5.41, 5.74) is 29.2. The number of hydrogen-bond donors (Lipinski definition) is 5. The minimum absolute atomic E-state index is 0.0706. The maximum Gasteiger partial charge on any atom is 0.339 e. The highest BCUT2D eigenvalue weighted by Crippen LogP contribution is 2.63. The third kappa shape index (κ3) is 32.1. The van der Waals surface area contributed by atoms with Crippen LogP contribution in [0.3, 0.4) is 0 Å². The van der Waals surface area contributed by atoms with Crippen LogP contribution in [0.15, 0.2) is 159 Å². The van der Waals surface area contributed by atoms with Crippen molar-refractivity contribution in [2.45, 2.75) is 305 Å². The number of nitrogens with two attached hydrogens (primary N) is 2. The number of benzene rings is 3. The Balaban J connectivity index is 0.000000138.